The Balaban J connectivity index is 1.18. The van der Waals surface area contributed by atoms with Crippen molar-refractivity contribution in [2.45, 2.75) is 0 Å². The van der Waals surface area contributed by atoms with Gasteiger partial charge in [0.2, 0.25) is 0 Å². The zero-order valence-electron chi connectivity index (χ0n) is 31.3. The van der Waals surface area contributed by atoms with Crippen molar-refractivity contribution >= 4 is 43.7 Å². The lowest BCUT2D eigenvalue weighted by molar-refractivity contribution is 0.670. The molecule has 3 aromatic heterocycles. The Kier molecular flexibility index (Phi) is 7.84. The van der Waals surface area contributed by atoms with Crippen LogP contribution in [0.15, 0.2) is 205 Å². The zero-order chi connectivity index (χ0) is 38.6. The predicted molar refractivity (Wildman–Crippen MR) is 238 cm³/mol. The smallest absolute Gasteiger partial charge is 0.143 e. The number of rotatable bonds is 6. The second-order valence-electron chi connectivity index (χ2n) is 14.7. The molecular weight excluding hydrogens is 707 g/mol. The van der Waals surface area contributed by atoms with Gasteiger partial charge in [-0.1, -0.05) is 140 Å². The summed E-state index contributed by atoms with van der Waals surface area (Å²) in [5.41, 5.74) is 15.7. The summed E-state index contributed by atoms with van der Waals surface area (Å²) in [5.74, 6) is 0. The van der Waals surface area contributed by atoms with Crippen LogP contribution in [0.5, 0.6) is 0 Å². The topological polar surface area (TPSA) is 54.8 Å². The number of pyridine rings is 1. The van der Waals surface area contributed by atoms with Gasteiger partial charge in [0.15, 0.2) is 0 Å². The van der Waals surface area contributed by atoms with Crippen molar-refractivity contribution in [1.29, 1.82) is 5.26 Å². The van der Waals surface area contributed by atoms with E-state index in [1.54, 1.807) is 0 Å². The fourth-order valence-electron chi connectivity index (χ4n) is 8.44. The van der Waals surface area contributed by atoms with Crippen LogP contribution in [-0.2, 0) is 0 Å². The highest BCUT2D eigenvalue weighted by Gasteiger charge is 2.19. The Hall–Kier alpha value is -8.00. The summed E-state index contributed by atoms with van der Waals surface area (Å²) >= 11 is 0. The van der Waals surface area contributed by atoms with Gasteiger partial charge in [-0.2, -0.15) is 5.26 Å². The molecule has 0 amide bonds. The van der Waals surface area contributed by atoms with E-state index in [-0.39, 0.29) is 0 Å². The average Bonchev–Trinajstić information content (AvgIpc) is 3.85. The van der Waals surface area contributed by atoms with Gasteiger partial charge in [-0.3, -0.25) is 0 Å². The van der Waals surface area contributed by atoms with Crippen LogP contribution in [0.2, 0.25) is 0 Å². The number of aromatic nitrogens is 2. The van der Waals surface area contributed by atoms with E-state index in [9.17, 15) is 5.26 Å². The van der Waals surface area contributed by atoms with Crippen LogP contribution in [0.3, 0.4) is 0 Å². The molecular formula is C54H33N3O. The molecule has 0 aliphatic rings. The van der Waals surface area contributed by atoms with Gasteiger partial charge in [0, 0.05) is 43.9 Å². The third-order valence-electron chi connectivity index (χ3n) is 11.2. The van der Waals surface area contributed by atoms with Gasteiger partial charge in [-0.15, -0.1) is 0 Å². The second kappa shape index (κ2) is 13.6. The lowest BCUT2D eigenvalue weighted by Crippen LogP contribution is -1.97. The monoisotopic (exact) mass is 739 g/mol. The number of hydrogen-bond donors (Lipinski definition) is 0. The molecule has 0 N–H and O–H groups in total. The van der Waals surface area contributed by atoms with Crippen molar-refractivity contribution in [3.63, 3.8) is 0 Å². The number of para-hydroxylation sites is 3. The molecule has 270 valence electrons. The molecule has 0 bridgehead atoms. The predicted octanol–water partition coefficient (Wildman–Crippen LogP) is 14.3. The molecule has 0 aliphatic carbocycles. The molecule has 0 radical (unpaired) electrons. The molecule has 0 saturated carbocycles. The maximum absolute atomic E-state index is 9.92. The van der Waals surface area contributed by atoms with Gasteiger partial charge in [0.1, 0.15) is 11.2 Å². The number of hydrogen-bond acceptors (Lipinski definition) is 3. The van der Waals surface area contributed by atoms with E-state index in [2.05, 4.69) is 168 Å². The first-order valence-corrected chi connectivity index (χ1v) is 19.4. The number of nitrogens with zero attached hydrogens (tertiary/aromatic N) is 3. The molecule has 58 heavy (non-hydrogen) atoms. The summed E-state index contributed by atoms with van der Waals surface area (Å²) in [4.78, 5) is 5.18. The van der Waals surface area contributed by atoms with Gasteiger partial charge in [-0.05, 0) is 88.5 Å². The molecule has 11 aromatic rings. The van der Waals surface area contributed by atoms with Crippen molar-refractivity contribution in [3.05, 3.63) is 206 Å². The fraction of sp³-hybridized carbons (Fsp3) is 0. The van der Waals surface area contributed by atoms with E-state index in [0.717, 1.165) is 99.9 Å². The highest BCUT2D eigenvalue weighted by molar-refractivity contribution is 6.13. The van der Waals surface area contributed by atoms with Crippen molar-refractivity contribution in [1.82, 2.24) is 9.55 Å². The molecule has 0 spiro atoms. The van der Waals surface area contributed by atoms with Crippen molar-refractivity contribution in [3.8, 4) is 67.7 Å². The quantitative estimate of drug-likeness (QED) is 0.171. The minimum absolute atomic E-state index is 0.618. The maximum Gasteiger partial charge on any atom is 0.143 e. The van der Waals surface area contributed by atoms with Crippen molar-refractivity contribution < 1.29 is 4.42 Å². The third kappa shape index (κ3) is 5.65. The molecule has 3 heterocycles. The van der Waals surface area contributed by atoms with Crippen LogP contribution < -0.4 is 0 Å². The van der Waals surface area contributed by atoms with Crippen LogP contribution in [0, 0.1) is 11.3 Å². The fourth-order valence-corrected chi connectivity index (χ4v) is 8.44. The van der Waals surface area contributed by atoms with E-state index < -0.39 is 0 Å². The van der Waals surface area contributed by atoms with E-state index in [1.165, 1.54) is 5.39 Å². The van der Waals surface area contributed by atoms with E-state index in [1.807, 2.05) is 42.5 Å². The Bertz CT molecular complexity index is 3350. The standard InChI is InChI=1S/C54H33N3O/c55-34-35-13-11-18-38(27-35)40-28-41(42-31-49(36-14-3-1-4-15-36)56-50(32-42)37-16-5-2-6-17-37)30-43(29-40)57-51-23-9-7-19-45(51)46-26-25-39(33-52(46)57)44-21-12-22-48-47-20-8-10-24-53(47)58-54(44)48/h1-33H. The van der Waals surface area contributed by atoms with Crippen LogP contribution in [0.1, 0.15) is 5.56 Å². The van der Waals surface area contributed by atoms with Gasteiger partial charge in [0.05, 0.1) is 34.1 Å². The first-order valence-electron chi connectivity index (χ1n) is 19.4. The van der Waals surface area contributed by atoms with Crippen LogP contribution >= 0.6 is 0 Å². The van der Waals surface area contributed by atoms with E-state index in [4.69, 9.17) is 9.40 Å². The number of fused-ring (bicyclic) bond motifs is 6. The number of furan rings is 1. The first-order chi connectivity index (χ1) is 28.7. The van der Waals surface area contributed by atoms with Crippen LogP contribution in [-0.4, -0.2) is 9.55 Å². The van der Waals surface area contributed by atoms with Gasteiger partial charge in [0.25, 0.3) is 0 Å². The molecule has 11 rings (SSSR count). The molecule has 0 aliphatic heterocycles. The lowest BCUT2D eigenvalue weighted by atomic mass is 9.95. The molecule has 0 fully saturated rings. The van der Waals surface area contributed by atoms with Crippen molar-refractivity contribution in [2.75, 3.05) is 0 Å². The summed E-state index contributed by atoms with van der Waals surface area (Å²) in [6.45, 7) is 0. The van der Waals surface area contributed by atoms with Crippen LogP contribution in [0.4, 0.5) is 0 Å². The average molecular weight is 740 g/mol. The minimum atomic E-state index is 0.618. The summed E-state index contributed by atoms with van der Waals surface area (Å²) in [6.07, 6.45) is 0. The Morgan fingerprint density at radius 3 is 1.78 bits per heavy atom. The normalized spacial score (nSPS) is 11.4. The molecule has 0 atom stereocenters. The van der Waals surface area contributed by atoms with Gasteiger partial charge in [-0.25, -0.2) is 4.98 Å². The highest BCUT2D eigenvalue weighted by atomic mass is 16.3. The Morgan fingerprint density at radius 1 is 0.414 bits per heavy atom. The maximum atomic E-state index is 9.92. The Labute approximate surface area is 335 Å². The SMILES string of the molecule is N#Cc1cccc(-c2cc(-c3cc(-c4ccccc4)nc(-c4ccccc4)c3)cc(-n3c4ccccc4c4ccc(-c5cccc6c5oc5ccccc56)cc43)c2)c1. The van der Waals surface area contributed by atoms with Crippen LogP contribution in [0.25, 0.3) is 105 Å². The second-order valence-corrected chi connectivity index (χ2v) is 14.7. The zero-order valence-corrected chi connectivity index (χ0v) is 31.3. The highest BCUT2D eigenvalue weighted by Crippen LogP contribution is 2.41. The number of benzene rings is 8. The molecule has 0 unspecified atom stereocenters. The van der Waals surface area contributed by atoms with Gasteiger partial charge < -0.3 is 8.98 Å². The third-order valence-corrected chi connectivity index (χ3v) is 11.2. The van der Waals surface area contributed by atoms with Gasteiger partial charge >= 0.3 is 0 Å². The number of nitriles is 1. The summed E-state index contributed by atoms with van der Waals surface area (Å²) in [6, 6.07) is 72.1. The Morgan fingerprint density at radius 2 is 1.02 bits per heavy atom. The summed E-state index contributed by atoms with van der Waals surface area (Å²) in [7, 11) is 0. The largest absolute Gasteiger partial charge is 0.455 e. The lowest BCUT2D eigenvalue weighted by Gasteiger charge is -2.16. The summed E-state index contributed by atoms with van der Waals surface area (Å²) < 4.78 is 8.90. The molecule has 4 nitrogen and oxygen atoms in total. The molecule has 4 heteroatoms. The first kappa shape index (κ1) is 33.3. The minimum Gasteiger partial charge on any atom is -0.455 e. The molecule has 8 aromatic carbocycles. The molecule has 0 saturated heterocycles. The van der Waals surface area contributed by atoms with Crippen molar-refractivity contribution in [2.24, 2.45) is 0 Å². The van der Waals surface area contributed by atoms with E-state index >= 15 is 0 Å². The van der Waals surface area contributed by atoms with E-state index in [0.29, 0.717) is 5.56 Å². The summed E-state index contributed by atoms with van der Waals surface area (Å²) in [5, 5.41) is 14.5.